The number of carbonyl (C=O) groups excluding carboxylic acids is 1. The van der Waals surface area contributed by atoms with Gasteiger partial charge in [-0.15, -0.1) is 5.10 Å². The number of hydrogen-bond acceptors (Lipinski definition) is 8. The molecule has 2 aliphatic rings. The summed E-state index contributed by atoms with van der Waals surface area (Å²) in [6.07, 6.45) is 6.03. The Morgan fingerprint density at radius 1 is 1.27 bits per heavy atom. The molecule has 1 N–H and O–H groups in total. The van der Waals surface area contributed by atoms with Gasteiger partial charge in [-0.2, -0.15) is 0 Å². The zero-order chi connectivity index (χ0) is 23.5. The van der Waals surface area contributed by atoms with Gasteiger partial charge in [0.15, 0.2) is 0 Å². The molecule has 0 saturated heterocycles. The first kappa shape index (κ1) is 22.9. The molecule has 11 nitrogen and oxygen atoms in total. The van der Waals surface area contributed by atoms with Crippen LogP contribution in [-0.4, -0.2) is 66.7 Å². The Morgan fingerprint density at radius 2 is 2.06 bits per heavy atom. The fourth-order valence-electron chi connectivity index (χ4n) is 4.07. The summed E-state index contributed by atoms with van der Waals surface area (Å²) < 4.78 is 13.0. The third-order valence-electron chi connectivity index (χ3n) is 6.21. The fourth-order valence-corrected chi connectivity index (χ4v) is 4.07. The summed E-state index contributed by atoms with van der Waals surface area (Å²) in [5.41, 5.74) is 2.17. The summed E-state index contributed by atoms with van der Waals surface area (Å²) in [5.74, 6) is -0.201. The van der Waals surface area contributed by atoms with Gasteiger partial charge in [0, 0.05) is 20.6 Å². The number of aromatic nitrogens is 5. The van der Waals surface area contributed by atoms with Crippen LogP contribution >= 0.6 is 0 Å². The standard InChI is InChI=1S/C22H30N6O5/c1-13-20(33-16-6-4-5-15(9-16)21(29)30)23-10-17(24-13)19-18(28(3)26-25-19)12-32-22(31)27(2)11-14-7-8-14/h10,14-16H,4-9,11-12H2,1-3H3,(H,29,30)/t15-,16-/m0/s1. The highest BCUT2D eigenvalue weighted by Crippen LogP contribution is 2.30. The Bertz CT molecular complexity index is 1020. The molecular weight excluding hydrogens is 428 g/mol. The normalized spacial score (nSPS) is 20.3. The molecule has 0 bridgehead atoms. The number of carboxylic acids is 1. The minimum absolute atomic E-state index is 0.0182. The van der Waals surface area contributed by atoms with Crippen molar-refractivity contribution in [2.24, 2.45) is 18.9 Å². The first-order valence-electron chi connectivity index (χ1n) is 11.3. The van der Waals surface area contributed by atoms with Crippen molar-refractivity contribution in [2.75, 3.05) is 13.6 Å². The van der Waals surface area contributed by atoms with E-state index in [-0.39, 0.29) is 24.7 Å². The molecule has 11 heteroatoms. The molecule has 0 spiro atoms. The van der Waals surface area contributed by atoms with Gasteiger partial charge >= 0.3 is 12.1 Å². The zero-order valence-electron chi connectivity index (χ0n) is 19.2. The maximum absolute atomic E-state index is 12.3. The monoisotopic (exact) mass is 458 g/mol. The lowest BCUT2D eigenvalue weighted by Gasteiger charge is -2.27. The van der Waals surface area contributed by atoms with Crippen molar-refractivity contribution in [1.82, 2.24) is 29.9 Å². The number of carboxylic acid groups (broad SMARTS) is 1. The van der Waals surface area contributed by atoms with Crippen molar-refractivity contribution in [3.05, 3.63) is 17.6 Å². The van der Waals surface area contributed by atoms with Gasteiger partial charge in [0.1, 0.15) is 35.5 Å². The van der Waals surface area contributed by atoms with Crippen LogP contribution < -0.4 is 4.74 Å². The van der Waals surface area contributed by atoms with Crippen molar-refractivity contribution in [1.29, 1.82) is 0 Å². The Balaban J connectivity index is 1.42. The molecule has 1 amide bonds. The molecule has 33 heavy (non-hydrogen) atoms. The summed E-state index contributed by atoms with van der Waals surface area (Å²) in [6, 6.07) is 0. The molecule has 2 aromatic rings. The van der Waals surface area contributed by atoms with E-state index in [0.717, 1.165) is 25.7 Å². The number of rotatable bonds is 8. The second-order valence-electron chi connectivity index (χ2n) is 8.97. The van der Waals surface area contributed by atoms with Crippen LogP contribution in [0.1, 0.15) is 49.9 Å². The molecule has 0 aromatic carbocycles. The number of ether oxygens (including phenoxy) is 2. The Labute approximate surface area is 192 Å². The van der Waals surface area contributed by atoms with E-state index < -0.39 is 5.97 Å². The van der Waals surface area contributed by atoms with Crippen LogP contribution in [0.25, 0.3) is 11.4 Å². The minimum Gasteiger partial charge on any atom is -0.481 e. The summed E-state index contributed by atoms with van der Waals surface area (Å²) in [6.45, 7) is 2.51. The van der Waals surface area contributed by atoms with E-state index in [0.29, 0.717) is 54.0 Å². The average Bonchev–Trinajstić information content (AvgIpc) is 3.53. The highest BCUT2D eigenvalue weighted by Gasteiger charge is 2.29. The van der Waals surface area contributed by atoms with Crippen LogP contribution in [0.5, 0.6) is 5.88 Å². The van der Waals surface area contributed by atoms with E-state index >= 15 is 0 Å². The lowest BCUT2D eigenvalue weighted by molar-refractivity contribution is -0.143. The van der Waals surface area contributed by atoms with Crippen molar-refractivity contribution >= 4 is 12.1 Å². The molecule has 178 valence electrons. The van der Waals surface area contributed by atoms with Crippen molar-refractivity contribution in [3.8, 4) is 17.3 Å². The van der Waals surface area contributed by atoms with E-state index in [2.05, 4.69) is 20.3 Å². The number of aryl methyl sites for hydroxylation is 2. The second-order valence-corrected chi connectivity index (χ2v) is 8.97. The number of aliphatic carboxylic acids is 1. The Morgan fingerprint density at radius 3 is 2.76 bits per heavy atom. The van der Waals surface area contributed by atoms with E-state index in [1.807, 2.05) is 0 Å². The van der Waals surface area contributed by atoms with Crippen molar-refractivity contribution < 1.29 is 24.2 Å². The van der Waals surface area contributed by atoms with Crippen LogP contribution in [0, 0.1) is 18.8 Å². The summed E-state index contributed by atoms with van der Waals surface area (Å²) in [7, 11) is 3.47. The van der Waals surface area contributed by atoms with E-state index in [4.69, 9.17) is 9.47 Å². The predicted octanol–water partition coefficient (Wildman–Crippen LogP) is 2.58. The van der Waals surface area contributed by atoms with Gasteiger partial charge in [0.2, 0.25) is 5.88 Å². The summed E-state index contributed by atoms with van der Waals surface area (Å²) in [4.78, 5) is 34.2. The smallest absolute Gasteiger partial charge is 0.409 e. The number of hydrogen-bond donors (Lipinski definition) is 1. The Hall–Kier alpha value is -3.24. The van der Waals surface area contributed by atoms with Crippen LogP contribution in [0.3, 0.4) is 0 Å². The predicted molar refractivity (Wildman–Crippen MR) is 116 cm³/mol. The van der Waals surface area contributed by atoms with Gasteiger partial charge in [-0.1, -0.05) is 5.21 Å². The Kier molecular flexibility index (Phi) is 6.75. The molecule has 2 atom stereocenters. The average molecular weight is 459 g/mol. The molecule has 2 saturated carbocycles. The van der Waals surface area contributed by atoms with Crippen LogP contribution in [0.15, 0.2) is 6.20 Å². The number of amides is 1. The van der Waals surface area contributed by atoms with Crippen LogP contribution in [0.4, 0.5) is 4.79 Å². The number of nitrogens with zero attached hydrogens (tertiary/aromatic N) is 6. The maximum Gasteiger partial charge on any atom is 0.409 e. The molecule has 2 heterocycles. The lowest BCUT2D eigenvalue weighted by atomic mass is 9.87. The molecule has 2 aliphatic carbocycles. The topological polar surface area (TPSA) is 133 Å². The van der Waals surface area contributed by atoms with E-state index in [9.17, 15) is 14.7 Å². The van der Waals surface area contributed by atoms with E-state index in [1.54, 1.807) is 36.8 Å². The molecule has 2 fully saturated rings. The quantitative estimate of drug-likeness (QED) is 0.633. The summed E-state index contributed by atoms with van der Waals surface area (Å²) in [5, 5.41) is 17.5. The lowest BCUT2D eigenvalue weighted by Crippen LogP contribution is -2.30. The third-order valence-corrected chi connectivity index (χ3v) is 6.21. The minimum atomic E-state index is -0.781. The molecule has 0 aliphatic heterocycles. The van der Waals surface area contributed by atoms with Gasteiger partial charge in [0.25, 0.3) is 0 Å². The first-order chi connectivity index (χ1) is 15.8. The van der Waals surface area contributed by atoms with Crippen LogP contribution in [-0.2, 0) is 23.2 Å². The molecule has 0 unspecified atom stereocenters. The third kappa shape index (κ3) is 5.58. The fraction of sp³-hybridized carbons (Fsp3) is 0.636. The maximum atomic E-state index is 12.3. The van der Waals surface area contributed by atoms with Crippen LogP contribution in [0.2, 0.25) is 0 Å². The molecule has 0 radical (unpaired) electrons. The summed E-state index contributed by atoms with van der Waals surface area (Å²) >= 11 is 0. The van der Waals surface area contributed by atoms with Gasteiger partial charge < -0.3 is 19.5 Å². The largest absolute Gasteiger partial charge is 0.481 e. The van der Waals surface area contributed by atoms with Gasteiger partial charge in [-0.3, -0.25) is 4.79 Å². The SMILES string of the molecule is Cc1nc(-c2nnn(C)c2COC(=O)N(C)CC2CC2)cnc1O[C@H]1CCC[C@H](C(=O)O)C1. The number of carbonyl (C=O) groups is 2. The highest BCUT2D eigenvalue weighted by molar-refractivity contribution is 5.70. The van der Waals surface area contributed by atoms with Crippen molar-refractivity contribution in [3.63, 3.8) is 0 Å². The first-order valence-corrected chi connectivity index (χ1v) is 11.3. The van der Waals surface area contributed by atoms with Gasteiger partial charge in [-0.05, 0) is 51.4 Å². The molecule has 2 aromatic heterocycles. The highest BCUT2D eigenvalue weighted by atomic mass is 16.6. The van der Waals surface area contributed by atoms with Gasteiger partial charge in [0.05, 0.1) is 12.1 Å². The van der Waals surface area contributed by atoms with Crippen molar-refractivity contribution in [2.45, 2.75) is 58.2 Å². The molecule has 4 rings (SSSR count). The second kappa shape index (κ2) is 9.72. The zero-order valence-corrected chi connectivity index (χ0v) is 19.2. The molecular formula is C22H30N6O5. The van der Waals surface area contributed by atoms with Gasteiger partial charge in [-0.25, -0.2) is 19.4 Å². The van der Waals surface area contributed by atoms with E-state index in [1.165, 1.54) is 0 Å².